The van der Waals surface area contributed by atoms with Crippen LogP contribution in [0.15, 0.2) is 12.3 Å². The Morgan fingerprint density at radius 2 is 2.11 bits per heavy atom. The molecule has 1 N–H and O–H groups in total. The molecule has 0 atom stereocenters. The number of hydrogen-bond acceptors (Lipinski definition) is 4. The minimum Gasteiger partial charge on any atom is -0.465 e. The molecule has 0 spiro atoms. The minimum atomic E-state index is -0.876. The Labute approximate surface area is 105 Å². The van der Waals surface area contributed by atoms with Gasteiger partial charge in [-0.3, -0.25) is 0 Å². The molecule has 0 aromatic carbocycles. The first-order valence-corrected chi connectivity index (χ1v) is 5.71. The first-order chi connectivity index (χ1) is 8.61. The largest absolute Gasteiger partial charge is 0.465 e. The lowest BCUT2D eigenvalue weighted by Gasteiger charge is -2.34. The summed E-state index contributed by atoms with van der Waals surface area (Å²) in [7, 11) is 0. The molecule has 0 unspecified atom stereocenters. The Bertz CT molecular complexity index is 501. The molecule has 94 valence electrons. The van der Waals surface area contributed by atoms with Crippen molar-refractivity contribution >= 4 is 11.9 Å². The summed E-state index contributed by atoms with van der Waals surface area (Å²) in [6.45, 7) is 4.14. The number of aromatic nitrogens is 1. The van der Waals surface area contributed by atoms with Gasteiger partial charge in [-0.1, -0.05) is 0 Å². The standard InChI is InChI=1S/C12H14N4O2/c1-9-6-10(7-13)8-14-11(9)15-2-4-16(5-3-15)12(17)18/h6,8H,2-5H2,1H3,(H,17,18). The molecule has 1 saturated heterocycles. The molecule has 1 fully saturated rings. The fourth-order valence-corrected chi connectivity index (χ4v) is 2.07. The van der Waals surface area contributed by atoms with Crippen LogP contribution in [0.1, 0.15) is 11.1 Å². The summed E-state index contributed by atoms with van der Waals surface area (Å²) in [6.07, 6.45) is 0.672. The van der Waals surface area contributed by atoms with Gasteiger partial charge in [-0.25, -0.2) is 9.78 Å². The molecule has 6 nitrogen and oxygen atoms in total. The second-order valence-electron chi connectivity index (χ2n) is 4.23. The SMILES string of the molecule is Cc1cc(C#N)cnc1N1CCN(C(=O)O)CC1. The molecule has 2 heterocycles. The van der Waals surface area contributed by atoms with Gasteiger partial charge in [0.25, 0.3) is 0 Å². The topological polar surface area (TPSA) is 80.5 Å². The van der Waals surface area contributed by atoms with Crippen molar-refractivity contribution in [1.82, 2.24) is 9.88 Å². The third kappa shape index (κ3) is 2.35. The van der Waals surface area contributed by atoms with E-state index in [9.17, 15) is 4.79 Å². The smallest absolute Gasteiger partial charge is 0.407 e. The van der Waals surface area contributed by atoms with Crippen molar-refractivity contribution in [3.05, 3.63) is 23.4 Å². The summed E-state index contributed by atoms with van der Waals surface area (Å²) < 4.78 is 0. The van der Waals surface area contributed by atoms with Crippen LogP contribution in [0, 0.1) is 18.3 Å². The number of anilines is 1. The second-order valence-corrected chi connectivity index (χ2v) is 4.23. The Morgan fingerprint density at radius 1 is 1.44 bits per heavy atom. The Hall–Kier alpha value is -2.29. The number of rotatable bonds is 1. The number of nitrogens with zero attached hydrogens (tertiary/aromatic N) is 4. The van der Waals surface area contributed by atoms with Crippen LogP contribution in [0.3, 0.4) is 0 Å². The molecule has 1 amide bonds. The van der Waals surface area contributed by atoms with E-state index < -0.39 is 6.09 Å². The average molecular weight is 246 g/mol. The highest BCUT2D eigenvalue weighted by atomic mass is 16.4. The average Bonchev–Trinajstić information content (AvgIpc) is 2.38. The molecule has 0 saturated carbocycles. The van der Waals surface area contributed by atoms with Gasteiger partial charge in [-0.2, -0.15) is 5.26 Å². The minimum absolute atomic E-state index is 0.483. The van der Waals surface area contributed by atoms with Gasteiger partial charge in [0, 0.05) is 32.4 Å². The maximum atomic E-state index is 10.8. The quantitative estimate of drug-likeness (QED) is 0.801. The highest BCUT2D eigenvalue weighted by Gasteiger charge is 2.22. The fourth-order valence-electron chi connectivity index (χ4n) is 2.07. The van der Waals surface area contributed by atoms with Gasteiger partial charge in [0.15, 0.2) is 0 Å². The van der Waals surface area contributed by atoms with E-state index in [-0.39, 0.29) is 0 Å². The van der Waals surface area contributed by atoms with Crippen LogP contribution in [-0.4, -0.2) is 47.3 Å². The molecule has 1 aliphatic heterocycles. The Kier molecular flexibility index (Phi) is 3.33. The van der Waals surface area contributed by atoms with E-state index in [0.29, 0.717) is 31.7 Å². The number of carboxylic acid groups (broad SMARTS) is 1. The molecule has 2 rings (SSSR count). The van der Waals surface area contributed by atoms with Crippen molar-refractivity contribution in [3.63, 3.8) is 0 Å². The van der Waals surface area contributed by atoms with Crippen LogP contribution in [0.5, 0.6) is 0 Å². The monoisotopic (exact) mass is 246 g/mol. The maximum Gasteiger partial charge on any atom is 0.407 e. The van der Waals surface area contributed by atoms with Gasteiger partial charge in [0.2, 0.25) is 0 Å². The van der Waals surface area contributed by atoms with Crippen molar-refractivity contribution in [3.8, 4) is 6.07 Å². The number of hydrogen-bond donors (Lipinski definition) is 1. The predicted molar refractivity (Wildman–Crippen MR) is 65.5 cm³/mol. The van der Waals surface area contributed by atoms with Crippen LogP contribution < -0.4 is 4.90 Å². The molecular weight excluding hydrogens is 232 g/mol. The molecule has 6 heteroatoms. The van der Waals surface area contributed by atoms with Crippen molar-refractivity contribution < 1.29 is 9.90 Å². The van der Waals surface area contributed by atoms with Crippen LogP contribution in [0.25, 0.3) is 0 Å². The molecule has 0 bridgehead atoms. The zero-order valence-electron chi connectivity index (χ0n) is 10.1. The van der Waals surface area contributed by atoms with Crippen molar-refractivity contribution in [1.29, 1.82) is 5.26 Å². The zero-order valence-corrected chi connectivity index (χ0v) is 10.1. The first-order valence-electron chi connectivity index (χ1n) is 5.71. The van der Waals surface area contributed by atoms with E-state index in [1.165, 1.54) is 4.90 Å². The zero-order chi connectivity index (χ0) is 13.1. The lowest BCUT2D eigenvalue weighted by molar-refractivity contribution is 0.142. The van der Waals surface area contributed by atoms with E-state index in [2.05, 4.69) is 16.0 Å². The highest BCUT2D eigenvalue weighted by molar-refractivity contribution is 5.65. The predicted octanol–water partition coefficient (Wildman–Crippen LogP) is 1.06. The number of nitriles is 1. The van der Waals surface area contributed by atoms with Crippen LogP contribution >= 0.6 is 0 Å². The lowest BCUT2D eigenvalue weighted by Crippen LogP contribution is -2.48. The van der Waals surface area contributed by atoms with E-state index in [1.54, 1.807) is 12.3 Å². The number of aryl methyl sites for hydroxylation is 1. The molecule has 0 aliphatic carbocycles. The second kappa shape index (κ2) is 4.92. The van der Waals surface area contributed by atoms with Crippen LogP contribution in [-0.2, 0) is 0 Å². The molecular formula is C12H14N4O2. The lowest BCUT2D eigenvalue weighted by atomic mass is 10.2. The van der Waals surface area contributed by atoms with Gasteiger partial charge in [0.05, 0.1) is 5.56 Å². The molecule has 1 aliphatic rings. The number of pyridine rings is 1. The summed E-state index contributed by atoms with van der Waals surface area (Å²) in [6, 6.07) is 3.85. The van der Waals surface area contributed by atoms with Gasteiger partial charge in [0.1, 0.15) is 11.9 Å². The van der Waals surface area contributed by atoms with Crippen molar-refractivity contribution in [2.75, 3.05) is 31.1 Å². The van der Waals surface area contributed by atoms with E-state index in [1.807, 2.05) is 6.92 Å². The van der Waals surface area contributed by atoms with Crippen LogP contribution in [0.2, 0.25) is 0 Å². The van der Waals surface area contributed by atoms with E-state index in [0.717, 1.165) is 11.4 Å². The van der Waals surface area contributed by atoms with E-state index in [4.69, 9.17) is 10.4 Å². The Balaban J connectivity index is 2.10. The van der Waals surface area contributed by atoms with Gasteiger partial charge >= 0.3 is 6.09 Å². The van der Waals surface area contributed by atoms with E-state index >= 15 is 0 Å². The number of piperazine rings is 1. The van der Waals surface area contributed by atoms with Gasteiger partial charge in [-0.05, 0) is 18.6 Å². The third-order valence-electron chi connectivity index (χ3n) is 3.03. The first kappa shape index (κ1) is 12.2. The number of amides is 1. The highest BCUT2D eigenvalue weighted by Crippen LogP contribution is 2.19. The van der Waals surface area contributed by atoms with Gasteiger partial charge < -0.3 is 14.9 Å². The Morgan fingerprint density at radius 3 is 2.61 bits per heavy atom. The summed E-state index contributed by atoms with van der Waals surface area (Å²) >= 11 is 0. The molecule has 1 aromatic heterocycles. The summed E-state index contributed by atoms with van der Waals surface area (Å²) in [5.74, 6) is 0.832. The van der Waals surface area contributed by atoms with Crippen molar-refractivity contribution in [2.45, 2.75) is 6.92 Å². The molecule has 0 radical (unpaired) electrons. The van der Waals surface area contributed by atoms with Gasteiger partial charge in [-0.15, -0.1) is 0 Å². The number of carbonyl (C=O) groups is 1. The molecule has 18 heavy (non-hydrogen) atoms. The third-order valence-corrected chi connectivity index (χ3v) is 3.03. The summed E-state index contributed by atoms with van der Waals surface area (Å²) in [4.78, 5) is 18.5. The summed E-state index contributed by atoms with van der Waals surface area (Å²) in [5, 5.41) is 17.7. The normalized spacial score (nSPS) is 15.3. The van der Waals surface area contributed by atoms with Crippen molar-refractivity contribution in [2.24, 2.45) is 0 Å². The van der Waals surface area contributed by atoms with Crippen LogP contribution in [0.4, 0.5) is 10.6 Å². The summed E-state index contributed by atoms with van der Waals surface area (Å²) in [5.41, 5.74) is 1.48. The fraction of sp³-hybridized carbons (Fsp3) is 0.417. The molecule has 1 aromatic rings. The maximum absolute atomic E-state index is 10.8.